The number of nitrogens with one attached hydrogen (secondary N) is 1. The van der Waals surface area contributed by atoms with Gasteiger partial charge in [-0.3, -0.25) is 4.79 Å². The molecule has 3 aromatic rings. The van der Waals surface area contributed by atoms with E-state index in [1.165, 1.54) is 28.7 Å². The second-order valence-electron chi connectivity index (χ2n) is 5.16. The van der Waals surface area contributed by atoms with Crippen LogP contribution in [0.1, 0.15) is 20.8 Å². The molecule has 3 nitrogen and oxygen atoms in total. The highest BCUT2D eigenvalue weighted by atomic mass is 32.1. The van der Waals surface area contributed by atoms with Crippen LogP contribution in [0.3, 0.4) is 0 Å². The molecule has 0 bridgehead atoms. The zero-order valence-corrected chi connectivity index (χ0v) is 14.0. The maximum Gasteiger partial charge on any atom is 0.251 e. The smallest absolute Gasteiger partial charge is 0.251 e. The highest BCUT2D eigenvalue weighted by molar-refractivity contribution is 7.10. The average molecular weight is 365 g/mol. The lowest BCUT2D eigenvalue weighted by atomic mass is 9.94. The number of aliphatic hydroxyl groups is 1. The lowest BCUT2D eigenvalue weighted by molar-refractivity contribution is 0.0720. The summed E-state index contributed by atoms with van der Waals surface area (Å²) in [6, 6.07) is 8.31. The first-order chi connectivity index (χ1) is 11.5. The Kier molecular flexibility index (Phi) is 4.75. The summed E-state index contributed by atoms with van der Waals surface area (Å²) in [4.78, 5) is 12.9. The monoisotopic (exact) mass is 365 g/mol. The number of halogens is 2. The highest BCUT2D eigenvalue weighted by Crippen LogP contribution is 2.33. The van der Waals surface area contributed by atoms with E-state index in [1.807, 2.05) is 22.2 Å². The van der Waals surface area contributed by atoms with Crippen molar-refractivity contribution in [2.45, 2.75) is 5.60 Å². The maximum absolute atomic E-state index is 13.3. The minimum Gasteiger partial charge on any atom is -0.378 e. The van der Waals surface area contributed by atoms with Gasteiger partial charge in [0.2, 0.25) is 0 Å². The van der Waals surface area contributed by atoms with Gasteiger partial charge in [-0.25, -0.2) is 8.78 Å². The van der Waals surface area contributed by atoms with Crippen LogP contribution in [0.4, 0.5) is 8.78 Å². The van der Waals surface area contributed by atoms with Gasteiger partial charge < -0.3 is 10.4 Å². The van der Waals surface area contributed by atoms with Crippen LogP contribution in [0, 0.1) is 11.6 Å². The second-order valence-corrected chi connectivity index (χ2v) is 6.89. The molecule has 0 fully saturated rings. The summed E-state index contributed by atoms with van der Waals surface area (Å²) in [7, 11) is 0. The van der Waals surface area contributed by atoms with Crippen LogP contribution in [0.15, 0.2) is 52.5 Å². The van der Waals surface area contributed by atoms with E-state index in [9.17, 15) is 18.7 Å². The summed E-state index contributed by atoms with van der Waals surface area (Å²) in [5.41, 5.74) is -0.712. The molecule has 0 spiro atoms. The molecular weight excluding hydrogens is 352 g/mol. The minimum absolute atomic E-state index is 0.00671. The molecule has 1 atom stereocenters. The Bertz CT molecular complexity index is 798. The van der Waals surface area contributed by atoms with Crippen LogP contribution in [0.25, 0.3) is 0 Å². The Hall–Kier alpha value is -2.09. The number of carbonyl (C=O) groups excluding carboxylic acids is 1. The molecule has 1 amide bonds. The molecule has 0 saturated heterocycles. The lowest BCUT2D eigenvalue weighted by Gasteiger charge is -2.27. The van der Waals surface area contributed by atoms with E-state index in [4.69, 9.17) is 0 Å². The van der Waals surface area contributed by atoms with Crippen molar-refractivity contribution >= 4 is 28.6 Å². The van der Waals surface area contributed by atoms with Crippen LogP contribution < -0.4 is 5.32 Å². The number of amides is 1. The summed E-state index contributed by atoms with van der Waals surface area (Å²) in [5.74, 6) is -2.69. The van der Waals surface area contributed by atoms with Gasteiger partial charge >= 0.3 is 0 Å². The molecule has 0 aliphatic carbocycles. The van der Waals surface area contributed by atoms with E-state index in [1.54, 1.807) is 12.1 Å². The zero-order chi connectivity index (χ0) is 17.2. The molecule has 24 heavy (non-hydrogen) atoms. The van der Waals surface area contributed by atoms with Crippen molar-refractivity contribution < 1.29 is 18.7 Å². The molecule has 1 unspecified atom stereocenters. The van der Waals surface area contributed by atoms with Crippen LogP contribution >= 0.6 is 22.7 Å². The first kappa shape index (κ1) is 16.8. The molecule has 1 aromatic carbocycles. The van der Waals surface area contributed by atoms with E-state index >= 15 is 0 Å². The van der Waals surface area contributed by atoms with Gasteiger partial charge in [-0.2, -0.15) is 11.3 Å². The normalized spacial score (nSPS) is 13.5. The first-order valence-corrected chi connectivity index (χ1v) is 8.85. The minimum atomic E-state index is -1.37. The fraction of sp³-hybridized carbons (Fsp3) is 0.118. The lowest BCUT2D eigenvalue weighted by Crippen LogP contribution is -2.41. The Labute approximate surface area is 145 Å². The number of hydrogen-bond donors (Lipinski definition) is 2. The second kappa shape index (κ2) is 6.80. The van der Waals surface area contributed by atoms with E-state index < -0.39 is 23.1 Å². The summed E-state index contributed by atoms with van der Waals surface area (Å²) >= 11 is 2.81. The van der Waals surface area contributed by atoms with Gasteiger partial charge in [0.1, 0.15) is 5.60 Å². The van der Waals surface area contributed by atoms with Gasteiger partial charge in [-0.05, 0) is 46.5 Å². The third-order valence-corrected chi connectivity index (χ3v) is 5.32. The van der Waals surface area contributed by atoms with Crippen LogP contribution in [0.5, 0.6) is 0 Å². The van der Waals surface area contributed by atoms with Gasteiger partial charge in [0.25, 0.3) is 5.91 Å². The molecule has 2 heterocycles. The summed E-state index contributed by atoms with van der Waals surface area (Å²) in [6.45, 7) is -0.0813. The Balaban J connectivity index is 1.82. The molecule has 2 N–H and O–H groups in total. The third-order valence-electron chi connectivity index (χ3n) is 3.61. The highest BCUT2D eigenvalue weighted by Gasteiger charge is 2.33. The van der Waals surface area contributed by atoms with Crippen LogP contribution in [-0.2, 0) is 5.60 Å². The van der Waals surface area contributed by atoms with Crippen molar-refractivity contribution in [3.05, 3.63) is 80.2 Å². The fourth-order valence-corrected chi connectivity index (χ4v) is 3.86. The average Bonchev–Trinajstić information content (AvgIpc) is 3.28. The predicted molar refractivity (Wildman–Crippen MR) is 90.3 cm³/mol. The van der Waals surface area contributed by atoms with E-state index in [0.717, 1.165) is 12.1 Å². The SMILES string of the molecule is O=C(NCC(O)(c1ccsc1)c1cccs1)c1ccc(F)c(F)c1. The molecule has 0 radical (unpaired) electrons. The molecular formula is C17H13F2NO2S2. The van der Waals surface area contributed by atoms with Gasteiger partial charge in [0, 0.05) is 16.0 Å². The number of thiophene rings is 2. The fourth-order valence-electron chi connectivity index (χ4n) is 2.29. The van der Waals surface area contributed by atoms with E-state index in [-0.39, 0.29) is 12.1 Å². The number of hydrogen-bond acceptors (Lipinski definition) is 4. The summed E-state index contributed by atoms with van der Waals surface area (Å²) < 4.78 is 26.2. The Morgan fingerprint density at radius 2 is 2.00 bits per heavy atom. The van der Waals surface area contributed by atoms with Crippen molar-refractivity contribution in [3.63, 3.8) is 0 Å². The van der Waals surface area contributed by atoms with Crippen molar-refractivity contribution in [2.24, 2.45) is 0 Å². The summed E-state index contributed by atoms with van der Waals surface area (Å²) in [5, 5.41) is 19.2. The Morgan fingerprint density at radius 1 is 1.17 bits per heavy atom. The zero-order valence-electron chi connectivity index (χ0n) is 12.3. The quantitative estimate of drug-likeness (QED) is 0.723. The number of carbonyl (C=O) groups is 1. The van der Waals surface area contributed by atoms with Crippen molar-refractivity contribution in [2.75, 3.05) is 6.54 Å². The van der Waals surface area contributed by atoms with Gasteiger partial charge in [0.05, 0.1) is 6.54 Å². The maximum atomic E-state index is 13.3. The molecule has 2 aromatic heterocycles. The molecule has 0 aliphatic heterocycles. The number of benzene rings is 1. The molecule has 3 rings (SSSR count). The first-order valence-electron chi connectivity index (χ1n) is 7.03. The van der Waals surface area contributed by atoms with Gasteiger partial charge in [0.15, 0.2) is 11.6 Å². The van der Waals surface area contributed by atoms with Crippen molar-refractivity contribution in [3.8, 4) is 0 Å². The van der Waals surface area contributed by atoms with Crippen LogP contribution in [-0.4, -0.2) is 17.6 Å². The topological polar surface area (TPSA) is 49.3 Å². The standard InChI is InChI=1S/C17H13F2NO2S2/c18-13-4-3-11(8-14(13)19)16(21)20-10-17(22,12-5-7-23-9-12)15-2-1-6-24-15/h1-9,22H,10H2,(H,20,21). The molecule has 0 saturated carbocycles. The van der Waals surface area contributed by atoms with Crippen molar-refractivity contribution in [1.82, 2.24) is 5.32 Å². The van der Waals surface area contributed by atoms with Gasteiger partial charge in [-0.1, -0.05) is 6.07 Å². The van der Waals surface area contributed by atoms with Crippen molar-refractivity contribution in [1.29, 1.82) is 0 Å². The molecule has 124 valence electrons. The Morgan fingerprint density at radius 3 is 2.62 bits per heavy atom. The van der Waals surface area contributed by atoms with Gasteiger partial charge in [-0.15, -0.1) is 11.3 Å². The molecule has 0 aliphatic rings. The van der Waals surface area contributed by atoms with E-state index in [0.29, 0.717) is 10.4 Å². The van der Waals surface area contributed by atoms with E-state index in [2.05, 4.69) is 5.32 Å². The largest absolute Gasteiger partial charge is 0.378 e. The summed E-state index contributed by atoms with van der Waals surface area (Å²) in [6.07, 6.45) is 0. The van der Waals surface area contributed by atoms with Crippen LogP contribution in [0.2, 0.25) is 0 Å². The third kappa shape index (κ3) is 3.24. The molecule has 7 heteroatoms. The predicted octanol–water partition coefficient (Wildman–Crippen LogP) is 3.75. The number of rotatable bonds is 5.